The molecular weight excluding hydrogens is 432 g/mol. The molecule has 0 aromatic heterocycles. The predicted octanol–water partition coefficient (Wildman–Crippen LogP) is 3.79. The number of aliphatic carboxylic acids is 1. The molecule has 0 aliphatic carbocycles. The molecule has 32 heavy (non-hydrogen) atoms. The van der Waals surface area contributed by atoms with Gasteiger partial charge in [-0.15, -0.1) is 6.58 Å². The van der Waals surface area contributed by atoms with Crippen molar-refractivity contribution in [2.75, 3.05) is 20.8 Å². The Morgan fingerprint density at radius 2 is 1.97 bits per heavy atom. The van der Waals surface area contributed by atoms with Crippen LogP contribution in [-0.4, -0.2) is 43.0 Å². The number of nitrogens with zero attached hydrogens (tertiary/aromatic N) is 1. The fraction of sp³-hybridized carbons (Fsp3) is 0.174. The van der Waals surface area contributed by atoms with Gasteiger partial charge in [0.15, 0.2) is 23.3 Å². The number of thioether (sulfide) groups is 1. The maximum absolute atomic E-state index is 12.5. The van der Waals surface area contributed by atoms with Gasteiger partial charge >= 0.3 is 5.97 Å². The fourth-order valence-corrected chi connectivity index (χ4v) is 3.77. The lowest BCUT2D eigenvalue weighted by molar-refractivity contribution is -0.139. The summed E-state index contributed by atoms with van der Waals surface area (Å²) in [6.07, 6.45) is 3.83. The van der Waals surface area contributed by atoms with Gasteiger partial charge in [-0.3, -0.25) is 4.79 Å². The molecule has 0 atom stereocenters. The number of benzene rings is 2. The molecule has 0 unspecified atom stereocenters. The highest BCUT2D eigenvalue weighted by Crippen LogP contribution is 2.36. The van der Waals surface area contributed by atoms with E-state index in [9.17, 15) is 9.59 Å². The van der Waals surface area contributed by atoms with Crippen LogP contribution in [0.5, 0.6) is 17.2 Å². The molecule has 1 amide bonds. The van der Waals surface area contributed by atoms with Crippen molar-refractivity contribution in [2.45, 2.75) is 6.42 Å². The van der Waals surface area contributed by atoms with E-state index in [4.69, 9.17) is 19.3 Å². The predicted molar refractivity (Wildman–Crippen MR) is 124 cm³/mol. The largest absolute Gasteiger partial charge is 0.497 e. The number of allylic oxidation sites excluding steroid dienone is 1. The highest BCUT2D eigenvalue weighted by atomic mass is 32.2. The van der Waals surface area contributed by atoms with E-state index in [-0.39, 0.29) is 5.91 Å². The SMILES string of the molecule is C=CCc1cc(/C=C2\SC(=Nc3ccc(OC)cc3)NC2=O)cc(OC)c1OCC(=O)O. The number of hydrogen-bond acceptors (Lipinski definition) is 7. The molecule has 1 heterocycles. The number of carbonyl (C=O) groups is 2. The van der Waals surface area contributed by atoms with Gasteiger partial charge in [0.2, 0.25) is 0 Å². The van der Waals surface area contributed by atoms with Gasteiger partial charge in [0, 0.05) is 5.56 Å². The van der Waals surface area contributed by atoms with Crippen molar-refractivity contribution in [1.29, 1.82) is 0 Å². The van der Waals surface area contributed by atoms with Crippen LogP contribution in [-0.2, 0) is 16.0 Å². The molecule has 2 N–H and O–H groups in total. The highest BCUT2D eigenvalue weighted by Gasteiger charge is 2.24. The maximum atomic E-state index is 12.5. The van der Waals surface area contributed by atoms with Gasteiger partial charge in [0.25, 0.3) is 5.91 Å². The van der Waals surface area contributed by atoms with Crippen molar-refractivity contribution in [2.24, 2.45) is 4.99 Å². The van der Waals surface area contributed by atoms with Gasteiger partial charge in [0.05, 0.1) is 24.8 Å². The van der Waals surface area contributed by atoms with Gasteiger partial charge in [-0.25, -0.2) is 9.79 Å². The average molecular weight is 455 g/mol. The van der Waals surface area contributed by atoms with Crippen LogP contribution in [0.15, 0.2) is 59.0 Å². The van der Waals surface area contributed by atoms with E-state index in [2.05, 4.69) is 16.9 Å². The Kier molecular flexibility index (Phi) is 7.56. The van der Waals surface area contributed by atoms with Crippen LogP contribution in [0.1, 0.15) is 11.1 Å². The summed E-state index contributed by atoms with van der Waals surface area (Å²) in [4.78, 5) is 28.3. The normalized spacial score (nSPS) is 15.5. The zero-order valence-corrected chi connectivity index (χ0v) is 18.4. The van der Waals surface area contributed by atoms with Gasteiger partial charge in [0.1, 0.15) is 5.75 Å². The van der Waals surface area contributed by atoms with Crippen LogP contribution in [0.4, 0.5) is 5.69 Å². The molecule has 0 radical (unpaired) electrons. The van der Waals surface area contributed by atoms with E-state index in [1.807, 2.05) is 0 Å². The molecular formula is C23H22N2O6S. The Morgan fingerprint density at radius 3 is 2.59 bits per heavy atom. The van der Waals surface area contributed by atoms with E-state index in [0.29, 0.717) is 44.8 Å². The second kappa shape index (κ2) is 10.5. The minimum absolute atomic E-state index is 0.266. The molecule has 2 aromatic carbocycles. The van der Waals surface area contributed by atoms with Crippen molar-refractivity contribution in [1.82, 2.24) is 5.32 Å². The number of ether oxygens (including phenoxy) is 3. The smallest absolute Gasteiger partial charge is 0.341 e. The molecule has 1 aliphatic heterocycles. The fourth-order valence-electron chi connectivity index (χ4n) is 2.93. The summed E-state index contributed by atoms with van der Waals surface area (Å²) >= 11 is 1.22. The van der Waals surface area contributed by atoms with Gasteiger partial charge in [-0.1, -0.05) is 6.08 Å². The summed E-state index contributed by atoms with van der Waals surface area (Å²) in [5, 5.41) is 12.1. The van der Waals surface area contributed by atoms with Crippen LogP contribution < -0.4 is 19.5 Å². The Hall–Kier alpha value is -3.72. The van der Waals surface area contributed by atoms with Crippen LogP contribution >= 0.6 is 11.8 Å². The number of rotatable bonds is 9. The first-order valence-corrected chi connectivity index (χ1v) is 10.3. The van der Waals surface area contributed by atoms with Crippen LogP contribution in [0.25, 0.3) is 6.08 Å². The summed E-state index contributed by atoms with van der Waals surface area (Å²) in [6.45, 7) is 3.24. The topological polar surface area (TPSA) is 106 Å². The number of amidine groups is 1. The number of methoxy groups -OCH3 is 2. The Morgan fingerprint density at radius 1 is 1.22 bits per heavy atom. The molecule has 1 fully saturated rings. The zero-order chi connectivity index (χ0) is 23.1. The number of hydrogen-bond donors (Lipinski definition) is 2. The maximum Gasteiger partial charge on any atom is 0.341 e. The van der Waals surface area contributed by atoms with E-state index in [1.54, 1.807) is 55.7 Å². The summed E-state index contributed by atoms with van der Waals surface area (Å²) in [5.74, 6) is 0.0659. The first-order chi connectivity index (χ1) is 15.4. The molecule has 0 saturated carbocycles. The third kappa shape index (κ3) is 5.70. The number of carboxylic acid groups (broad SMARTS) is 1. The summed E-state index contributed by atoms with van der Waals surface area (Å²) in [5.41, 5.74) is 2.08. The lowest BCUT2D eigenvalue weighted by atomic mass is 10.0. The Bertz CT molecular complexity index is 1090. The molecule has 3 rings (SSSR count). The molecule has 8 nitrogen and oxygen atoms in total. The first kappa shape index (κ1) is 23.0. The van der Waals surface area contributed by atoms with Crippen molar-refractivity contribution in [3.63, 3.8) is 0 Å². The molecule has 0 bridgehead atoms. The number of nitrogens with one attached hydrogen (secondary N) is 1. The molecule has 166 valence electrons. The standard InChI is InChI=1S/C23H22N2O6S/c1-4-5-15-10-14(11-18(30-3)21(15)31-13-20(26)27)12-19-22(28)25-23(32-19)24-16-6-8-17(29-2)9-7-16/h4,6-12H,1,5,13H2,2-3H3,(H,26,27)(H,24,25,28)/b19-12-. The number of carbonyl (C=O) groups excluding carboxylic acids is 1. The minimum atomic E-state index is -1.09. The van der Waals surface area contributed by atoms with Crippen LogP contribution in [0, 0.1) is 0 Å². The number of aliphatic imine (C=N–C) groups is 1. The zero-order valence-electron chi connectivity index (χ0n) is 17.6. The molecule has 1 aliphatic rings. The van der Waals surface area contributed by atoms with Crippen molar-refractivity contribution in [3.05, 3.63) is 65.1 Å². The van der Waals surface area contributed by atoms with Crippen LogP contribution in [0.3, 0.4) is 0 Å². The second-order valence-corrected chi connectivity index (χ2v) is 7.60. The lowest BCUT2D eigenvalue weighted by Crippen LogP contribution is -2.19. The second-order valence-electron chi connectivity index (χ2n) is 6.57. The van der Waals surface area contributed by atoms with Crippen molar-refractivity contribution < 1.29 is 28.9 Å². The monoisotopic (exact) mass is 454 g/mol. The van der Waals surface area contributed by atoms with Crippen molar-refractivity contribution in [3.8, 4) is 17.2 Å². The van der Waals surface area contributed by atoms with E-state index in [1.165, 1.54) is 18.9 Å². The minimum Gasteiger partial charge on any atom is -0.497 e. The third-order valence-electron chi connectivity index (χ3n) is 4.33. The average Bonchev–Trinajstić information content (AvgIpc) is 3.11. The molecule has 2 aromatic rings. The summed E-state index contributed by atoms with van der Waals surface area (Å²) in [6, 6.07) is 10.7. The summed E-state index contributed by atoms with van der Waals surface area (Å²) in [7, 11) is 3.06. The van der Waals surface area contributed by atoms with E-state index in [0.717, 1.165) is 5.75 Å². The van der Waals surface area contributed by atoms with E-state index >= 15 is 0 Å². The van der Waals surface area contributed by atoms with Crippen molar-refractivity contribution >= 4 is 40.6 Å². The van der Waals surface area contributed by atoms with Gasteiger partial charge in [-0.05, 0) is 66.2 Å². The lowest BCUT2D eigenvalue weighted by Gasteiger charge is -2.14. The summed E-state index contributed by atoms with van der Waals surface area (Å²) < 4.78 is 15.9. The van der Waals surface area contributed by atoms with Crippen LogP contribution in [0.2, 0.25) is 0 Å². The molecule has 9 heteroatoms. The number of carboxylic acids is 1. The molecule has 0 spiro atoms. The van der Waals surface area contributed by atoms with E-state index < -0.39 is 12.6 Å². The third-order valence-corrected chi connectivity index (χ3v) is 5.24. The quantitative estimate of drug-likeness (QED) is 0.439. The highest BCUT2D eigenvalue weighted by molar-refractivity contribution is 8.18. The van der Waals surface area contributed by atoms with Gasteiger partial charge < -0.3 is 24.6 Å². The van der Waals surface area contributed by atoms with Gasteiger partial charge in [-0.2, -0.15) is 0 Å². The Balaban J connectivity index is 1.88. The first-order valence-electron chi connectivity index (χ1n) is 9.53. The molecule has 1 saturated heterocycles. The number of amides is 1. The Labute approximate surface area is 189 Å².